The molecule has 0 radical (unpaired) electrons. The zero-order valence-corrected chi connectivity index (χ0v) is 15.2. The minimum atomic E-state index is -0.669. The predicted molar refractivity (Wildman–Crippen MR) is 94.8 cm³/mol. The number of hydrogen-bond donors (Lipinski definition) is 0. The number of amides is 1. The van der Waals surface area contributed by atoms with Crippen LogP contribution in [0.5, 0.6) is 5.75 Å². The second-order valence-electron chi connectivity index (χ2n) is 5.38. The van der Waals surface area contributed by atoms with Crippen LogP contribution in [0.25, 0.3) is 0 Å². The number of carbonyl (C=O) groups is 2. The average Bonchev–Trinajstić information content (AvgIpc) is 3.02. The van der Waals surface area contributed by atoms with Crippen LogP contribution in [0.2, 0.25) is 0 Å². The minimum absolute atomic E-state index is 0.210. The number of carbonyl (C=O) groups excluding carboxylic acids is 2. The highest BCUT2D eigenvalue weighted by atomic mass is 79.9. The van der Waals surface area contributed by atoms with E-state index in [2.05, 4.69) is 21.0 Å². The Kier molecular flexibility index (Phi) is 4.85. The van der Waals surface area contributed by atoms with Crippen LogP contribution in [0.4, 0.5) is 0 Å². The van der Waals surface area contributed by atoms with Crippen molar-refractivity contribution in [3.63, 3.8) is 0 Å². The maximum absolute atomic E-state index is 12.0. The van der Waals surface area contributed by atoms with Crippen LogP contribution in [0.3, 0.4) is 0 Å². The fourth-order valence-electron chi connectivity index (χ4n) is 2.42. The van der Waals surface area contributed by atoms with Gasteiger partial charge in [0.15, 0.2) is 0 Å². The van der Waals surface area contributed by atoms with Crippen molar-refractivity contribution < 1.29 is 19.1 Å². The summed E-state index contributed by atoms with van der Waals surface area (Å²) in [6, 6.07) is 14.4. The van der Waals surface area contributed by atoms with E-state index in [1.54, 1.807) is 18.2 Å². The Balaban J connectivity index is 2.01. The van der Waals surface area contributed by atoms with Crippen molar-refractivity contribution in [1.82, 2.24) is 5.01 Å². The molecule has 1 heterocycles. The molecule has 0 bridgehead atoms. The lowest BCUT2D eigenvalue weighted by molar-refractivity contribution is -0.135. The summed E-state index contributed by atoms with van der Waals surface area (Å²) < 4.78 is 11.9. The van der Waals surface area contributed by atoms with Gasteiger partial charge in [-0.2, -0.15) is 5.01 Å². The molecule has 2 aromatic carbocycles. The Morgan fingerprint density at radius 2 is 1.88 bits per heavy atom. The SMILES string of the molecule is CC(=O)Oc1ccc(Br)cc1C1=NN(C(C)=O)C(c2ccccc2)O1. The summed E-state index contributed by atoms with van der Waals surface area (Å²) in [5.41, 5.74) is 1.27. The van der Waals surface area contributed by atoms with Crippen LogP contribution in [0, 0.1) is 0 Å². The first-order valence-corrected chi connectivity index (χ1v) is 8.33. The Bertz CT molecular complexity index is 851. The second-order valence-corrected chi connectivity index (χ2v) is 6.30. The van der Waals surface area contributed by atoms with Crippen molar-refractivity contribution in [2.24, 2.45) is 5.10 Å². The molecule has 2 aromatic rings. The number of esters is 1. The predicted octanol–water partition coefficient (Wildman–Crippen LogP) is 3.61. The van der Waals surface area contributed by atoms with Gasteiger partial charge in [0.25, 0.3) is 0 Å². The van der Waals surface area contributed by atoms with E-state index in [1.807, 2.05) is 30.3 Å². The Morgan fingerprint density at radius 3 is 2.52 bits per heavy atom. The van der Waals surface area contributed by atoms with Gasteiger partial charge in [0.2, 0.25) is 18.0 Å². The van der Waals surface area contributed by atoms with Gasteiger partial charge in [-0.25, -0.2) is 0 Å². The lowest BCUT2D eigenvalue weighted by Crippen LogP contribution is -2.25. The normalized spacial score (nSPS) is 16.2. The molecule has 3 rings (SSSR count). The molecule has 7 heteroatoms. The van der Waals surface area contributed by atoms with Gasteiger partial charge in [0.05, 0.1) is 5.56 Å². The highest BCUT2D eigenvalue weighted by molar-refractivity contribution is 9.10. The number of ether oxygens (including phenoxy) is 2. The summed E-state index contributed by atoms with van der Waals surface area (Å²) in [6.07, 6.45) is -0.669. The zero-order valence-electron chi connectivity index (χ0n) is 13.6. The summed E-state index contributed by atoms with van der Waals surface area (Å²) in [5.74, 6) is -0.189. The van der Waals surface area contributed by atoms with E-state index >= 15 is 0 Å². The van der Waals surface area contributed by atoms with Gasteiger partial charge in [-0.15, -0.1) is 5.10 Å². The number of nitrogens with zero attached hydrogens (tertiary/aromatic N) is 2. The van der Waals surface area contributed by atoms with E-state index in [0.29, 0.717) is 11.3 Å². The largest absolute Gasteiger partial charge is 0.446 e. The molecular formula is C18H15BrN2O4. The Labute approximate surface area is 153 Å². The first kappa shape index (κ1) is 17.2. The quantitative estimate of drug-likeness (QED) is 0.580. The van der Waals surface area contributed by atoms with Crippen molar-refractivity contribution in [1.29, 1.82) is 0 Å². The first-order valence-electron chi connectivity index (χ1n) is 7.54. The molecule has 25 heavy (non-hydrogen) atoms. The van der Waals surface area contributed by atoms with E-state index in [0.717, 1.165) is 10.0 Å². The van der Waals surface area contributed by atoms with Gasteiger partial charge in [0.1, 0.15) is 5.75 Å². The molecule has 0 N–H and O–H groups in total. The molecule has 1 unspecified atom stereocenters. The Morgan fingerprint density at radius 1 is 1.16 bits per heavy atom. The summed E-state index contributed by atoms with van der Waals surface area (Å²) in [4.78, 5) is 23.3. The fourth-order valence-corrected chi connectivity index (χ4v) is 2.78. The van der Waals surface area contributed by atoms with E-state index in [9.17, 15) is 9.59 Å². The number of hydrogen-bond acceptors (Lipinski definition) is 5. The van der Waals surface area contributed by atoms with Crippen LogP contribution in [-0.2, 0) is 14.3 Å². The highest BCUT2D eigenvalue weighted by Crippen LogP contribution is 2.33. The number of halogens is 1. The van der Waals surface area contributed by atoms with Crippen LogP contribution in [0.15, 0.2) is 58.1 Å². The summed E-state index contributed by atoms with van der Waals surface area (Å²) in [7, 11) is 0. The molecule has 0 saturated carbocycles. The monoisotopic (exact) mass is 402 g/mol. The fraction of sp³-hybridized carbons (Fsp3) is 0.167. The molecule has 1 amide bonds. The first-order chi connectivity index (χ1) is 12.0. The molecule has 0 aromatic heterocycles. The van der Waals surface area contributed by atoms with Gasteiger partial charge in [-0.3, -0.25) is 9.59 Å². The molecule has 0 spiro atoms. The molecular weight excluding hydrogens is 388 g/mol. The number of hydrazone groups is 1. The lowest BCUT2D eigenvalue weighted by atomic mass is 10.2. The minimum Gasteiger partial charge on any atom is -0.446 e. The second kappa shape index (κ2) is 7.06. The van der Waals surface area contributed by atoms with E-state index in [-0.39, 0.29) is 11.8 Å². The summed E-state index contributed by atoms with van der Waals surface area (Å²) >= 11 is 3.38. The standard InChI is InChI=1S/C18H15BrN2O4/c1-11(22)21-18(13-6-4-3-5-7-13)25-17(20-21)15-10-14(19)8-9-16(15)24-12(2)23/h3-10,18H,1-2H3. The highest BCUT2D eigenvalue weighted by Gasteiger charge is 2.34. The Hall–Kier alpha value is -2.67. The topological polar surface area (TPSA) is 68.2 Å². The van der Waals surface area contributed by atoms with E-state index < -0.39 is 12.2 Å². The average molecular weight is 403 g/mol. The molecule has 0 fully saturated rings. The van der Waals surface area contributed by atoms with Crippen molar-refractivity contribution in [2.45, 2.75) is 20.1 Å². The van der Waals surface area contributed by atoms with Gasteiger partial charge in [-0.05, 0) is 18.2 Å². The van der Waals surface area contributed by atoms with Crippen molar-refractivity contribution >= 4 is 33.7 Å². The third kappa shape index (κ3) is 3.71. The third-order valence-corrected chi connectivity index (χ3v) is 3.97. The summed E-state index contributed by atoms with van der Waals surface area (Å²) in [5, 5.41) is 5.56. The maximum Gasteiger partial charge on any atom is 0.308 e. The van der Waals surface area contributed by atoms with Crippen LogP contribution >= 0.6 is 15.9 Å². The van der Waals surface area contributed by atoms with E-state index in [1.165, 1.54) is 18.9 Å². The molecule has 128 valence electrons. The van der Waals surface area contributed by atoms with Gasteiger partial charge >= 0.3 is 5.97 Å². The van der Waals surface area contributed by atoms with Crippen molar-refractivity contribution in [3.8, 4) is 5.75 Å². The van der Waals surface area contributed by atoms with Gasteiger partial charge in [0, 0.05) is 23.9 Å². The smallest absolute Gasteiger partial charge is 0.308 e. The van der Waals surface area contributed by atoms with Gasteiger partial charge in [-0.1, -0.05) is 46.3 Å². The van der Waals surface area contributed by atoms with Crippen LogP contribution in [-0.4, -0.2) is 22.8 Å². The molecule has 6 nitrogen and oxygen atoms in total. The number of rotatable bonds is 3. The molecule has 1 atom stereocenters. The van der Waals surface area contributed by atoms with Gasteiger partial charge < -0.3 is 9.47 Å². The van der Waals surface area contributed by atoms with Crippen LogP contribution in [0.1, 0.15) is 31.2 Å². The molecule has 1 aliphatic rings. The van der Waals surface area contributed by atoms with Crippen LogP contribution < -0.4 is 4.74 Å². The number of benzene rings is 2. The van der Waals surface area contributed by atoms with Crippen molar-refractivity contribution in [3.05, 3.63) is 64.1 Å². The zero-order chi connectivity index (χ0) is 18.0. The van der Waals surface area contributed by atoms with Crippen molar-refractivity contribution in [2.75, 3.05) is 0 Å². The molecule has 1 aliphatic heterocycles. The molecule has 0 saturated heterocycles. The lowest BCUT2D eigenvalue weighted by Gasteiger charge is -2.19. The molecule has 0 aliphatic carbocycles. The maximum atomic E-state index is 12.0. The van der Waals surface area contributed by atoms with E-state index in [4.69, 9.17) is 9.47 Å². The summed E-state index contributed by atoms with van der Waals surface area (Å²) in [6.45, 7) is 2.73. The third-order valence-electron chi connectivity index (χ3n) is 3.48.